The Labute approximate surface area is 122 Å². The molecule has 3 aromatic rings. The Morgan fingerprint density at radius 3 is 2.95 bits per heavy atom. The van der Waals surface area contributed by atoms with E-state index in [4.69, 9.17) is 12.2 Å². The van der Waals surface area contributed by atoms with Gasteiger partial charge in [-0.05, 0) is 36.8 Å². The molecular weight excluding hydrogens is 266 g/mol. The number of H-pyrrole nitrogens is 1. The van der Waals surface area contributed by atoms with Gasteiger partial charge in [0.15, 0.2) is 0 Å². The third-order valence-electron chi connectivity index (χ3n) is 3.19. The molecule has 100 valence electrons. The number of hydrogen-bond acceptors (Lipinski definition) is 3. The van der Waals surface area contributed by atoms with Crippen LogP contribution in [0.4, 0.5) is 0 Å². The highest BCUT2D eigenvalue weighted by Gasteiger charge is 2.04. The highest BCUT2D eigenvalue weighted by atomic mass is 32.1. The van der Waals surface area contributed by atoms with E-state index in [2.05, 4.69) is 34.0 Å². The van der Waals surface area contributed by atoms with Crippen molar-refractivity contribution in [1.82, 2.24) is 15.0 Å². The van der Waals surface area contributed by atoms with E-state index in [1.54, 1.807) is 6.20 Å². The number of fused-ring (bicyclic) bond motifs is 1. The topological polar surface area (TPSA) is 41.6 Å². The van der Waals surface area contributed by atoms with E-state index in [9.17, 15) is 0 Å². The van der Waals surface area contributed by atoms with E-state index >= 15 is 0 Å². The Hall–Kier alpha value is -2.07. The van der Waals surface area contributed by atoms with E-state index in [1.165, 1.54) is 0 Å². The van der Waals surface area contributed by atoms with Crippen molar-refractivity contribution in [3.05, 3.63) is 52.9 Å². The first kappa shape index (κ1) is 12.9. The Morgan fingerprint density at radius 1 is 1.20 bits per heavy atom. The summed E-state index contributed by atoms with van der Waals surface area (Å²) >= 11 is 5.25. The minimum Gasteiger partial charge on any atom is -0.343 e. The van der Waals surface area contributed by atoms with Gasteiger partial charge in [0.25, 0.3) is 0 Å². The molecule has 3 rings (SSSR count). The first-order valence-corrected chi connectivity index (χ1v) is 7.12. The highest BCUT2D eigenvalue weighted by molar-refractivity contribution is 7.71. The highest BCUT2D eigenvalue weighted by Crippen LogP contribution is 2.21. The summed E-state index contributed by atoms with van der Waals surface area (Å²) < 4.78 is 0.633. The summed E-state index contributed by atoms with van der Waals surface area (Å²) in [4.78, 5) is 12.1. The molecule has 0 atom stereocenters. The maximum Gasteiger partial charge on any atom is 0.139 e. The Bertz CT molecular complexity index is 808. The van der Waals surface area contributed by atoms with Crippen molar-refractivity contribution < 1.29 is 0 Å². The molecule has 3 nitrogen and oxygen atoms in total. The molecule has 2 heterocycles. The number of benzene rings is 1. The van der Waals surface area contributed by atoms with Crippen molar-refractivity contribution in [1.29, 1.82) is 0 Å². The van der Waals surface area contributed by atoms with Crippen molar-refractivity contribution in [2.24, 2.45) is 0 Å². The molecule has 0 fully saturated rings. The van der Waals surface area contributed by atoms with Crippen molar-refractivity contribution in [2.75, 3.05) is 0 Å². The Kier molecular flexibility index (Phi) is 3.56. The normalized spacial score (nSPS) is 10.8. The van der Waals surface area contributed by atoms with Gasteiger partial charge in [-0.25, -0.2) is 4.98 Å². The molecule has 0 aliphatic heterocycles. The molecule has 1 aromatic carbocycles. The lowest BCUT2D eigenvalue weighted by molar-refractivity contribution is 0.873. The molecular formula is C16H15N3S. The summed E-state index contributed by atoms with van der Waals surface area (Å²) in [6.45, 7) is 2.15. The van der Waals surface area contributed by atoms with Crippen molar-refractivity contribution in [3.8, 4) is 11.4 Å². The predicted octanol–water partition coefficient (Wildman–Crippen LogP) is 4.31. The molecule has 0 unspecified atom stereocenters. The van der Waals surface area contributed by atoms with E-state index in [0.29, 0.717) is 4.64 Å². The Balaban J connectivity index is 2.12. The van der Waals surface area contributed by atoms with Gasteiger partial charge in [-0.1, -0.05) is 31.6 Å². The molecule has 2 aromatic heterocycles. The average molecular weight is 281 g/mol. The summed E-state index contributed by atoms with van der Waals surface area (Å²) in [6.07, 6.45) is 3.86. The van der Waals surface area contributed by atoms with Crippen LogP contribution in [0.5, 0.6) is 0 Å². The second-order valence-electron chi connectivity index (χ2n) is 4.75. The molecule has 0 amide bonds. The van der Waals surface area contributed by atoms with Gasteiger partial charge in [-0.2, -0.15) is 0 Å². The Morgan fingerprint density at radius 2 is 2.10 bits per heavy atom. The number of pyridine rings is 1. The maximum atomic E-state index is 5.25. The molecule has 0 saturated carbocycles. The zero-order valence-corrected chi connectivity index (χ0v) is 12.1. The molecule has 1 N–H and O–H groups in total. The summed E-state index contributed by atoms with van der Waals surface area (Å²) in [6, 6.07) is 12.1. The lowest BCUT2D eigenvalue weighted by Crippen LogP contribution is -1.96. The van der Waals surface area contributed by atoms with Crippen molar-refractivity contribution >= 4 is 23.1 Å². The molecule has 0 aliphatic rings. The number of nitrogens with zero attached hydrogens (tertiary/aromatic N) is 2. The van der Waals surface area contributed by atoms with Gasteiger partial charge in [0, 0.05) is 22.8 Å². The molecule has 0 saturated heterocycles. The number of rotatable bonds is 3. The zero-order valence-electron chi connectivity index (χ0n) is 11.3. The average Bonchev–Trinajstić information content (AvgIpc) is 2.46. The van der Waals surface area contributed by atoms with Crippen LogP contribution in [-0.2, 0) is 6.42 Å². The number of nitrogens with one attached hydrogen (secondary N) is 1. The molecule has 20 heavy (non-hydrogen) atoms. The minimum absolute atomic E-state index is 0.633. The predicted molar refractivity (Wildman–Crippen MR) is 84.2 cm³/mol. The molecule has 0 spiro atoms. The summed E-state index contributed by atoms with van der Waals surface area (Å²) in [7, 11) is 0. The van der Waals surface area contributed by atoms with Gasteiger partial charge < -0.3 is 4.98 Å². The van der Waals surface area contributed by atoms with Crippen LogP contribution in [0.25, 0.3) is 22.3 Å². The number of aromatic amines is 1. The van der Waals surface area contributed by atoms with Gasteiger partial charge in [0.2, 0.25) is 0 Å². The van der Waals surface area contributed by atoms with Crippen LogP contribution in [0.2, 0.25) is 0 Å². The first-order valence-electron chi connectivity index (χ1n) is 6.71. The van der Waals surface area contributed by atoms with Gasteiger partial charge in [0.1, 0.15) is 10.5 Å². The maximum absolute atomic E-state index is 5.25. The summed E-state index contributed by atoms with van der Waals surface area (Å²) in [5, 5.41) is 1.10. The summed E-state index contributed by atoms with van der Waals surface area (Å²) in [5.74, 6) is 0.826. The van der Waals surface area contributed by atoms with Crippen LogP contribution in [0.15, 0.2) is 42.6 Å². The van der Waals surface area contributed by atoms with E-state index in [0.717, 1.165) is 40.8 Å². The van der Waals surface area contributed by atoms with Gasteiger partial charge in [-0.3, -0.25) is 4.98 Å². The fourth-order valence-electron chi connectivity index (χ4n) is 2.27. The van der Waals surface area contributed by atoms with Gasteiger partial charge in [0.05, 0.1) is 5.52 Å². The number of hydrogen-bond donors (Lipinski definition) is 1. The van der Waals surface area contributed by atoms with Gasteiger partial charge >= 0.3 is 0 Å². The number of aromatic nitrogens is 3. The monoisotopic (exact) mass is 281 g/mol. The smallest absolute Gasteiger partial charge is 0.139 e. The quantitative estimate of drug-likeness (QED) is 0.727. The third kappa shape index (κ3) is 2.60. The molecule has 0 bridgehead atoms. The van der Waals surface area contributed by atoms with Crippen LogP contribution >= 0.6 is 12.2 Å². The first-order chi connectivity index (χ1) is 9.76. The number of aryl methyl sites for hydroxylation is 1. The van der Waals surface area contributed by atoms with Crippen LogP contribution in [-0.4, -0.2) is 15.0 Å². The van der Waals surface area contributed by atoms with Gasteiger partial charge in [-0.15, -0.1) is 0 Å². The third-order valence-corrected chi connectivity index (χ3v) is 3.40. The second-order valence-corrected chi connectivity index (χ2v) is 5.17. The van der Waals surface area contributed by atoms with Crippen molar-refractivity contribution in [3.63, 3.8) is 0 Å². The molecule has 0 radical (unpaired) electrons. The van der Waals surface area contributed by atoms with E-state index in [-0.39, 0.29) is 0 Å². The van der Waals surface area contributed by atoms with E-state index < -0.39 is 0 Å². The van der Waals surface area contributed by atoms with Crippen LogP contribution in [0, 0.1) is 4.64 Å². The largest absolute Gasteiger partial charge is 0.343 e. The van der Waals surface area contributed by atoms with Crippen LogP contribution in [0.1, 0.15) is 19.0 Å². The van der Waals surface area contributed by atoms with Crippen molar-refractivity contribution in [2.45, 2.75) is 19.8 Å². The van der Waals surface area contributed by atoms with Crippen LogP contribution < -0.4 is 0 Å². The molecule has 4 heteroatoms. The fourth-order valence-corrected chi connectivity index (χ4v) is 2.50. The zero-order chi connectivity index (χ0) is 13.9. The second kappa shape index (κ2) is 5.51. The minimum atomic E-state index is 0.633. The lowest BCUT2D eigenvalue weighted by Gasteiger charge is -2.06. The van der Waals surface area contributed by atoms with E-state index in [1.807, 2.05) is 24.3 Å². The summed E-state index contributed by atoms with van der Waals surface area (Å²) in [5.41, 5.74) is 3.16. The fraction of sp³-hybridized carbons (Fsp3) is 0.188. The SMILES string of the molecule is CCCc1cc(=S)nc(-c2ccc3ncccc3c2)[nH]1. The van der Waals surface area contributed by atoms with Crippen LogP contribution in [0.3, 0.4) is 0 Å². The molecule has 0 aliphatic carbocycles. The lowest BCUT2D eigenvalue weighted by atomic mass is 10.1. The standard InChI is InChI=1S/C16H15N3S/c1-2-4-13-10-15(20)19-16(18-13)12-6-7-14-11(9-12)5-3-8-17-14/h3,5-10H,2,4H2,1H3,(H,18,19,20).